The number of para-hydroxylation sites is 1. The lowest BCUT2D eigenvalue weighted by atomic mass is 9.60. The van der Waals surface area contributed by atoms with Gasteiger partial charge in [-0.3, -0.25) is 4.79 Å². The number of aromatic nitrogens is 1. The van der Waals surface area contributed by atoms with Crippen molar-refractivity contribution in [1.82, 2.24) is 9.88 Å². The molecule has 0 spiro atoms. The summed E-state index contributed by atoms with van der Waals surface area (Å²) in [6, 6.07) is 8.55. The monoisotopic (exact) mass is 422 g/mol. The van der Waals surface area contributed by atoms with Crippen molar-refractivity contribution in [3.63, 3.8) is 0 Å². The Morgan fingerprint density at radius 2 is 2.06 bits per heavy atom. The average Bonchev–Trinajstić information content (AvgIpc) is 3.13. The number of nitrogens with one attached hydrogen (secondary N) is 1. The summed E-state index contributed by atoms with van der Waals surface area (Å²) in [7, 11) is 3.67. The van der Waals surface area contributed by atoms with Gasteiger partial charge >= 0.3 is 5.97 Å². The Balaban J connectivity index is 1.89. The van der Waals surface area contributed by atoms with Crippen molar-refractivity contribution in [3.8, 4) is 0 Å². The van der Waals surface area contributed by atoms with Crippen molar-refractivity contribution in [1.29, 1.82) is 0 Å². The summed E-state index contributed by atoms with van der Waals surface area (Å²) >= 11 is 0. The Labute approximate surface area is 187 Å². The highest BCUT2D eigenvalue weighted by atomic mass is 16.5. The molecule has 1 aliphatic heterocycles. The molecule has 0 saturated heterocycles. The Bertz CT molecular complexity index is 990. The number of hydrogen-bond donors (Lipinski definition) is 1. The quantitative estimate of drug-likeness (QED) is 0.620. The zero-order valence-electron chi connectivity index (χ0n) is 19.9. The van der Waals surface area contributed by atoms with Gasteiger partial charge in [0.2, 0.25) is 0 Å². The van der Waals surface area contributed by atoms with Crippen LogP contribution in [0, 0.1) is 11.3 Å². The predicted molar refractivity (Wildman–Crippen MR) is 127 cm³/mol. The number of aromatic amines is 1. The van der Waals surface area contributed by atoms with E-state index in [1.165, 1.54) is 40.6 Å². The number of carbonyl (C=O) groups is 1. The predicted octanol–water partition coefficient (Wildman–Crippen LogP) is 5.97. The number of H-pyrrole nitrogens is 1. The molecule has 0 fully saturated rings. The van der Waals surface area contributed by atoms with Gasteiger partial charge in [0.1, 0.15) is 0 Å². The largest absolute Gasteiger partial charge is 0.469 e. The molecule has 3 unspecified atom stereocenters. The Morgan fingerprint density at radius 3 is 2.77 bits per heavy atom. The fourth-order valence-corrected chi connectivity index (χ4v) is 6.35. The number of benzene rings is 1. The Hall–Kier alpha value is -2.23. The molecular weight excluding hydrogens is 384 g/mol. The van der Waals surface area contributed by atoms with E-state index in [2.05, 4.69) is 68.2 Å². The molecule has 1 aromatic heterocycles. The van der Waals surface area contributed by atoms with E-state index in [9.17, 15) is 4.79 Å². The van der Waals surface area contributed by atoms with Crippen molar-refractivity contribution in [2.24, 2.45) is 11.3 Å². The Morgan fingerprint density at radius 1 is 1.29 bits per heavy atom. The van der Waals surface area contributed by atoms with Crippen LogP contribution in [0.3, 0.4) is 0 Å². The highest BCUT2D eigenvalue weighted by Gasteiger charge is 2.52. The molecule has 168 valence electrons. The zero-order valence-corrected chi connectivity index (χ0v) is 19.9. The minimum absolute atomic E-state index is 0.0701. The van der Waals surface area contributed by atoms with Gasteiger partial charge in [-0.25, -0.2) is 0 Å². The van der Waals surface area contributed by atoms with Gasteiger partial charge < -0.3 is 14.6 Å². The van der Waals surface area contributed by atoms with Crippen molar-refractivity contribution in [2.75, 3.05) is 20.7 Å². The summed E-state index contributed by atoms with van der Waals surface area (Å²) in [5.74, 6) is 0.607. The Kier molecular flexibility index (Phi) is 5.93. The van der Waals surface area contributed by atoms with Gasteiger partial charge in [0, 0.05) is 35.6 Å². The molecule has 0 amide bonds. The lowest BCUT2D eigenvalue weighted by Crippen LogP contribution is -2.50. The molecule has 2 heterocycles. The molecule has 3 atom stereocenters. The molecule has 4 nitrogen and oxygen atoms in total. The van der Waals surface area contributed by atoms with E-state index in [1.807, 2.05) is 0 Å². The summed E-state index contributed by atoms with van der Waals surface area (Å²) in [6.07, 6.45) is 9.53. The van der Waals surface area contributed by atoms with Crippen LogP contribution in [-0.4, -0.2) is 36.6 Å². The zero-order chi connectivity index (χ0) is 22.2. The van der Waals surface area contributed by atoms with Crippen LogP contribution in [-0.2, 0) is 21.4 Å². The maximum absolute atomic E-state index is 13.4. The molecule has 4 rings (SSSR count). The molecule has 0 radical (unpaired) electrons. The van der Waals surface area contributed by atoms with Gasteiger partial charge in [0.25, 0.3) is 0 Å². The number of nitrogens with zero attached hydrogens (tertiary/aromatic N) is 1. The van der Waals surface area contributed by atoms with E-state index in [1.54, 1.807) is 7.11 Å². The summed E-state index contributed by atoms with van der Waals surface area (Å²) in [5, 5.41) is 1.26. The van der Waals surface area contributed by atoms with Crippen LogP contribution >= 0.6 is 0 Å². The van der Waals surface area contributed by atoms with Crippen LogP contribution in [0.5, 0.6) is 0 Å². The molecule has 4 heteroatoms. The van der Waals surface area contributed by atoms with Crippen LogP contribution in [0.4, 0.5) is 0 Å². The van der Waals surface area contributed by atoms with Crippen LogP contribution in [0.2, 0.25) is 0 Å². The fraction of sp³-hybridized carbons (Fsp3) is 0.593. The summed E-state index contributed by atoms with van der Waals surface area (Å²) < 4.78 is 5.46. The number of allylic oxidation sites excluding steroid dienone is 1. The van der Waals surface area contributed by atoms with Gasteiger partial charge in [-0.1, -0.05) is 51.0 Å². The van der Waals surface area contributed by atoms with Crippen LogP contribution in [0.25, 0.3) is 10.9 Å². The summed E-state index contributed by atoms with van der Waals surface area (Å²) in [6.45, 7) is 7.63. The van der Waals surface area contributed by atoms with Crippen molar-refractivity contribution < 1.29 is 9.53 Å². The number of rotatable bonds is 3. The first-order valence-electron chi connectivity index (χ1n) is 11.9. The van der Waals surface area contributed by atoms with E-state index in [0.717, 1.165) is 32.1 Å². The topological polar surface area (TPSA) is 45.3 Å². The van der Waals surface area contributed by atoms with E-state index in [4.69, 9.17) is 4.74 Å². The molecule has 2 aromatic rings. The third-order valence-corrected chi connectivity index (χ3v) is 7.92. The number of methoxy groups -OCH3 is 1. The highest BCUT2D eigenvalue weighted by molar-refractivity contribution is 5.88. The van der Waals surface area contributed by atoms with Gasteiger partial charge in [-0.05, 0) is 62.3 Å². The lowest BCUT2D eigenvalue weighted by molar-refractivity contribution is -0.155. The fourth-order valence-electron chi connectivity index (χ4n) is 6.35. The van der Waals surface area contributed by atoms with E-state index < -0.39 is 5.41 Å². The standard InChI is InChI=1S/C27H38N2O2/c1-6-19-12-13-26(3)17-27(25(30)31-5,18-29(4)16-20(7-2)14-19)15-22-21-10-8-9-11-23(21)28-24(22)26/h8-11,16,19,28H,6-7,12-15,17-18H2,1-5H3. The lowest BCUT2D eigenvalue weighted by Gasteiger charge is -2.46. The number of ether oxygens (including phenoxy) is 1. The first-order chi connectivity index (χ1) is 14.8. The first kappa shape index (κ1) is 22.0. The number of esters is 1. The third kappa shape index (κ3) is 3.90. The second kappa shape index (κ2) is 8.37. The molecule has 2 bridgehead atoms. The van der Waals surface area contributed by atoms with Crippen LogP contribution < -0.4 is 0 Å². The third-order valence-electron chi connectivity index (χ3n) is 7.92. The molecule has 0 saturated carbocycles. The smallest absolute Gasteiger partial charge is 0.313 e. The first-order valence-corrected chi connectivity index (χ1v) is 11.9. The van der Waals surface area contributed by atoms with Crippen molar-refractivity contribution >= 4 is 16.9 Å². The van der Waals surface area contributed by atoms with Crippen LogP contribution in [0.1, 0.15) is 70.6 Å². The molecule has 2 aliphatic rings. The molecule has 1 N–H and O–H groups in total. The normalized spacial score (nSPS) is 29.1. The SMILES string of the molecule is CCC1=CN(C)CC2(C(=O)OC)Cc3c([nH]c4ccccc34)C(C)(CCC(CC)C1)C2. The molecule has 1 aliphatic carbocycles. The minimum Gasteiger partial charge on any atom is -0.469 e. The second-order valence-electron chi connectivity index (χ2n) is 10.3. The molecule has 31 heavy (non-hydrogen) atoms. The molecule has 1 aromatic carbocycles. The van der Waals surface area contributed by atoms with Crippen molar-refractivity contribution in [2.45, 2.75) is 71.1 Å². The highest BCUT2D eigenvalue weighted by Crippen LogP contribution is 2.52. The van der Waals surface area contributed by atoms with Crippen molar-refractivity contribution in [3.05, 3.63) is 47.3 Å². The van der Waals surface area contributed by atoms with Gasteiger partial charge in [0.05, 0.1) is 12.5 Å². The van der Waals surface area contributed by atoms with Gasteiger partial charge in [-0.2, -0.15) is 0 Å². The second-order valence-corrected chi connectivity index (χ2v) is 10.3. The van der Waals surface area contributed by atoms with E-state index >= 15 is 0 Å². The number of hydrogen-bond acceptors (Lipinski definition) is 3. The number of fused-ring (bicyclic) bond motifs is 6. The maximum Gasteiger partial charge on any atom is 0.313 e. The summed E-state index contributed by atoms with van der Waals surface area (Å²) in [4.78, 5) is 19.4. The van der Waals surface area contributed by atoms with Crippen LogP contribution in [0.15, 0.2) is 36.0 Å². The summed E-state index contributed by atoms with van der Waals surface area (Å²) in [5.41, 5.74) is 4.70. The average molecular weight is 423 g/mol. The van der Waals surface area contributed by atoms with Gasteiger partial charge in [0.15, 0.2) is 0 Å². The van der Waals surface area contributed by atoms with E-state index in [0.29, 0.717) is 12.5 Å². The minimum atomic E-state index is -0.544. The number of carbonyl (C=O) groups excluding carboxylic acids is 1. The molecular formula is C27H38N2O2. The van der Waals surface area contributed by atoms with E-state index in [-0.39, 0.29) is 11.4 Å². The maximum atomic E-state index is 13.4. The van der Waals surface area contributed by atoms with Gasteiger partial charge in [-0.15, -0.1) is 0 Å².